The zero-order valence-corrected chi connectivity index (χ0v) is 18.0. The molecule has 0 bridgehead atoms. The smallest absolute Gasteiger partial charge is 0.269 e. The van der Waals surface area contributed by atoms with Crippen LogP contribution in [0.1, 0.15) is 27.9 Å². The number of nitrogens with one attached hydrogen (secondary N) is 3. The minimum atomic E-state index is -3.91. The monoisotopic (exact) mass is 453 g/mol. The van der Waals surface area contributed by atoms with E-state index in [1.165, 1.54) is 23.8 Å². The van der Waals surface area contributed by atoms with Crippen molar-refractivity contribution in [1.29, 1.82) is 0 Å². The number of aryl methyl sites for hydroxylation is 1. The molecule has 0 saturated carbocycles. The van der Waals surface area contributed by atoms with Gasteiger partial charge in [0.15, 0.2) is 0 Å². The second-order valence-electron chi connectivity index (χ2n) is 7.01. The molecule has 0 saturated heterocycles. The van der Waals surface area contributed by atoms with E-state index in [9.17, 15) is 13.2 Å². The number of carbonyl (C=O) groups is 1. The number of hydrazine groups is 1. The van der Waals surface area contributed by atoms with Crippen molar-refractivity contribution in [2.75, 3.05) is 4.72 Å². The molecule has 158 valence electrons. The van der Waals surface area contributed by atoms with Crippen LogP contribution in [0, 0.1) is 0 Å². The lowest BCUT2D eigenvalue weighted by molar-refractivity contribution is 0.0942. The number of halogens is 1. The Kier molecular flexibility index (Phi) is 5.97. The van der Waals surface area contributed by atoms with Crippen LogP contribution >= 0.6 is 11.6 Å². The largest absolute Gasteiger partial charge is 0.298 e. The molecule has 31 heavy (non-hydrogen) atoms. The zero-order valence-electron chi connectivity index (χ0n) is 16.4. The molecule has 1 amide bonds. The van der Waals surface area contributed by atoms with E-state index >= 15 is 0 Å². The Bertz CT molecular complexity index is 1270. The number of benzene rings is 3. The summed E-state index contributed by atoms with van der Waals surface area (Å²) in [6.07, 6.45) is 3.85. The van der Waals surface area contributed by atoms with Gasteiger partial charge < -0.3 is 0 Å². The quantitative estimate of drug-likeness (QED) is 0.484. The topological polar surface area (TPSA) is 87.3 Å². The molecule has 0 aliphatic heterocycles. The van der Waals surface area contributed by atoms with Gasteiger partial charge in [-0.2, -0.15) is 0 Å². The van der Waals surface area contributed by atoms with Crippen molar-refractivity contribution in [3.8, 4) is 0 Å². The Morgan fingerprint density at radius 2 is 1.71 bits per heavy atom. The van der Waals surface area contributed by atoms with Gasteiger partial charge in [0, 0.05) is 11.1 Å². The standard InChI is InChI=1S/C23H20ClN3O3S/c24-20-12-3-4-13-22(20)27-31(29,30)18-10-5-9-17(15-18)23(28)26-25-21-14-6-8-16-7-1-2-11-19(16)21/h1-5,7,9-15,25,27H,6,8H2,(H,26,28). The van der Waals surface area contributed by atoms with Crippen LogP contribution in [0.3, 0.4) is 0 Å². The highest BCUT2D eigenvalue weighted by Gasteiger charge is 2.18. The van der Waals surface area contributed by atoms with Crippen molar-refractivity contribution in [2.24, 2.45) is 0 Å². The Hall–Kier alpha value is -3.29. The fraction of sp³-hybridized carbons (Fsp3) is 0.0870. The molecule has 3 N–H and O–H groups in total. The van der Waals surface area contributed by atoms with E-state index in [1.807, 2.05) is 24.3 Å². The number of para-hydroxylation sites is 1. The van der Waals surface area contributed by atoms with Gasteiger partial charge in [-0.15, -0.1) is 0 Å². The van der Waals surface area contributed by atoms with Gasteiger partial charge in [0.1, 0.15) is 0 Å². The summed E-state index contributed by atoms with van der Waals surface area (Å²) in [6.45, 7) is 0. The van der Waals surface area contributed by atoms with E-state index in [-0.39, 0.29) is 21.2 Å². The van der Waals surface area contributed by atoms with Gasteiger partial charge in [-0.05, 0) is 48.7 Å². The van der Waals surface area contributed by atoms with Crippen LogP contribution in [0.25, 0.3) is 5.70 Å². The average Bonchev–Trinajstić information content (AvgIpc) is 2.79. The highest BCUT2D eigenvalue weighted by Crippen LogP contribution is 2.25. The summed E-state index contributed by atoms with van der Waals surface area (Å²) in [4.78, 5) is 12.6. The molecule has 0 spiro atoms. The Balaban J connectivity index is 1.49. The van der Waals surface area contributed by atoms with Gasteiger partial charge in [-0.3, -0.25) is 20.4 Å². The number of hydrogen-bond acceptors (Lipinski definition) is 4. The number of allylic oxidation sites excluding steroid dienone is 1. The molecule has 0 aromatic heterocycles. The summed E-state index contributed by atoms with van der Waals surface area (Å²) in [5.41, 5.74) is 9.15. The minimum absolute atomic E-state index is 0.0395. The Morgan fingerprint density at radius 3 is 2.55 bits per heavy atom. The van der Waals surface area contributed by atoms with Crippen molar-refractivity contribution < 1.29 is 13.2 Å². The normalized spacial score (nSPS) is 13.0. The molecule has 0 radical (unpaired) electrons. The summed E-state index contributed by atoms with van der Waals surface area (Å²) < 4.78 is 27.9. The highest BCUT2D eigenvalue weighted by atomic mass is 35.5. The first-order valence-electron chi connectivity index (χ1n) is 9.66. The molecular weight excluding hydrogens is 434 g/mol. The molecule has 4 rings (SSSR count). The lowest BCUT2D eigenvalue weighted by atomic mass is 9.95. The maximum absolute atomic E-state index is 12.7. The first-order chi connectivity index (χ1) is 14.9. The summed E-state index contributed by atoms with van der Waals surface area (Å²) in [5, 5.41) is 0.283. The fourth-order valence-electron chi connectivity index (χ4n) is 3.35. The van der Waals surface area contributed by atoms with Crippen molar-refractivity contribution in [3.05, 3.63) is 101 Å². The van der Waals surface area contributed by atoms with Crippen LogP contribution in [0.15, 0.2) is 83.8 Å². The van der Waals surface area contributed by atoms with Crippen molar-refractivity contribution in [1.82, 2.24) is 10.9 Å². The van der Waals surface area contributed by atoms with Gasteiger partial charge >= 0.3 is 0 Å². The van der Waals surface area contributed by atoms with Crippen molar-refractivity contribution in [2.45, 2.75) is 17.7 Å². The molecule has 1 aliphatic rings. The molecule has 6 nitrogen and oxygen atoms in total. The molecular formula is C23H20ClN3O3S. The number of carbonyl (C=O) groups excluding carboxylic acids is 1. The maximum atomic E-state index is 12.7. The number of hydrogen-bond donors (Lipinski definition) is 3. The third kappa shape index (κ3) is 4.73. The Morgan fingerprint density at radius 1 is 0.935 bits per heavy atom. The molecule has 3 aromatic carbocycles. The van der Waals surface area contributed by atoms with E-state index in [1.54, 1.807) is 30.3 Å². The average molecular weight is 454 g/mol. The van der Waals surface area contributed by atoms with Crippen molar-refractivity contribution >= 4 is 38.9 Å². The van der Waals surface area contributed by atoms with E-state index in [2.05, 4.69) is 21.6 Å². The SMILES string of the molecule is O=C(NNC1=CCCc2ccccc21)c1cccc(S(=O)(=O)Nc2ccccc2Cl)c1. The summed E-state index contributed by atoms with van der Waals surface area (Å²) in [5.74, 6) is -0.446. The first kappa shape index (κ1) is 21.0. The van der Waals surface area contributed by atoms with Crippen LogP contribution in [0.2, 0.25) is 5.02 Å². The number of rotatable bonds is 6. The fourth-order valence-corrected chi connectivity index (χ4v) is 4.71. The van der Waals surface area contributed by atoms with E-state index < -0.39 is 15.9 Å². The van der Waals surface area contributed by atoms with Gasteiger partial charge in [-0.1, -0.05) is 60.1 Å². The van der Waals surface area contributed by atoms with Crippen LogP contribution in [-0.4, -0.2) is 14.3 Å². The molecule has 8 heteroatoms. The Labute approximate surface area is 186 Å². The van der Waals surface area contributed by atoms with Crippen LogP contribution < -0.4 is 15.6 Å². The third-order valence-electron chi connectivity index (χ3n) is 4.91. The van der Waals surface area contributed by atoms with Gasteiger partial charge in [0.25, 0.3) is 15.9 Å². The summed E-state index contributed by atoms with van der Waals surface area (Å²) in [6, 6.07) is 20.3. The second-order valence-corrected chi connectivity index (χ2v) is 9.10. The molecule has 0 atom stereocenters. The number of fused-ring (bicyclic) bond motifs is 1. The number of amides is 1. The zero-order chi connectivity index (χ0) is 21.8. The van der Waals surface area contributed by atoms with Gasteiger partial charge in [0.2, 0.25) is 0 Å². The maximum Gasteiger partial charge on any atom is 0.269 e. The molecule has 0 heterocycles. The van der Waals surface area contributed by atoms with Crippen LogP contribution in [0.4, 0.5) is 5.69 Å². The van der Waals surface area contributed by atoms with Gasteiger partial charge in [-0.25, -0.2) is 8.42 Å². The van der Waals surface area contributed by atoms with E-state index in [4.69, 9.17) is 11.6 Å². The van der Waals surface area contributed by atoms with Crippen molar-refractivity contribution in [3.63, 3.8) is 0 Å². The number of sulfonamides is 1. The predicted octanol–water partition coefficient (Wildman–Crippen LogP) is 4.36. The number of anilines is 1. The second kappa shape index (κ2) is 8.83. The lowest BCUT2D eigenvalue weighted by Gasteiger charge is -2.19. The van der Waals surface area contributed by atoms with E-state index in [0.29, 0.717) is 0 Å². The first-order valence-corrected chi connectivity index (χ1v) is 11.5. The highest BCUT2D eigenvalue weighted by molar-refractivity contribution is 7.92. The molecule has 0 fully saturated rings. The van der Waals surface area contributed by atoms with Crippen LogP contribution in [0.5, 0.6) is 0 Å². The molecule has 1 aliphatic carbocycles. The summed E-state index contributed by atoms with van der Waals surface area (Å²) in [7, 11) is -3.91. The van der Waals surface area contributed by atoms with Crippen LogP contribution in [-0.2, 0) is 16.4 Å². The third-order valence-corrected chi connectivity index (χ3v) is 6.60. The van der Waals surface area contributed by atoms with E-state index in [0.717, 1.165) is 24.1 Å². The molecule has 3 aromatic rings. The molecule has 0 unspecified atom stereocenters. The van der Waals surface area contributed by atoms with Gasteiger partial charge in [0.05, 0.1) is 21.3 Å². The predicted molar refractivity (Wildman–Crippen MR) is 122 cm³/mol. The summed E-state index contributed by atoms with van der Waals surface area (Å²) >= 11 is 6.05. The minimum Gasteiger partial charge on any atom is -0.298 e. The lowest BCUT2D eigenvalue weighted by Crippen LogP contribution is -2.36.